The van der Waals surface area contributed by atoms with E-state index < -0.39 is 0 Å². The number of aromatic nitrogens is 2. The highest BCUT2D eigenvalue weighted by Gasteiger charge is 2.08. The Morgan fingerprint density at radius 2 is 1.00 bits per heavy atom. The Labute approximate surface area is 118 Å². The van der Waals surface area contributed by atoms with Crippen LogP contribution in [0.4, 0.5) is 0 Å². The standard InChI is InChI=1S/C18H12N2.2H2/c1-3-7-15-11(5-1)13-9-14-12-6-2-4-8-16(12)20-18(14)10-17(13)19-15;;/h1-10,19-20H;2*1H. The van der Waals surface area contributed by atoms with Crippen LogP contribution in [-0.2, 0) is 0 Å². The summed E-state index contributed by atoms with van der Waals surface area (Å²) in [6.45, 7) is 0. The number of hydrogen-bond donors (Lipinski definition) is 2. The maximum absolute atomic E-state index is 3.49. The second kappa shape index (κ2) is 3.42. The first-order valence-electron chi connectivity index (χ1n) is 6.81. The molecule has 0 atom stereocenters. The molecule has 98 valence electrons. The van der Waals surface area contributed by atoms with E-state index in [0.717, 1.165) is 0 Å². The molecule has 0 aliphatic heterocycles. The lowest BCUT2D eigenvalue weighted by Gasteiger charge is -1.94. The van der Waals surface area contributed by atoms with Gasteiger partial charge in [0.05, 0.1) is 0 Å². The van der Waals surface area contributed by atoms with Crippen molar-refractivity contribution in [3.05, 3.63) is 60.7 Å². The van der Waals surface area contributed by atoms with Crippen molar-refractivity contribution < 1.29 is 2.85 Å². The molecular weight excluding hydrogens is 244 g/mol. The zero-order valence-electron chi connectivity index (χ0n) is 10.8. The Bertz CT molecular complexity index is 1020. The van der Waals surface area contributed by atoms with E-state index in [2.05, 4.69) is 70.6 Å². The van der Waals surface area contributed by atoms with Crippen LogP contribution in [0.25, 0.3) is 43.6 Å². The summed E-state index contributed by atoms with van der Waals surface area (Å²) >= 11 is 0. The molecule has 2 nitrogen and oxygen atoms in total. The van der Waals surface area contributed by atoms with Crippen molar-refractivity contribution in [3.63, 3.8) is 0 Å². The third kappa shape index (κ3) is 1.18. The fourth-order valence-corrected chi connectivity index (χ4v) is 3.20. The molecule has 0 aliphatic carbocycles. The molecule has 0 amide bonds. The zero-order chi connectivity index (χ0) is 13.1. The Balaban J connectivity index is 0.000000720. The van der Waals surface area contributed by atoms with Crippen LogP contribution in [0.1, 0.15) is 2.85 Å². The minimum absolute atomic E-state index is 0. The smallest absolute Gasteiger partial charge is 0.0486 e. The number of benzene rings is 3. The van der Waals surface area contributed by atoms with Gasteiger partial charge >= 0.3 is 0 Å². The van der Waals surface area contributed by atoms with Crippen LogP contribution in [0.2, 0.25) is 0 Å². The van der Waals surface area contributed by atoms with Crippen LogP contribution in [0.5, 0.6) is 0 Å². The number of hydrogen-bond acceptors (Lipinski definition) is 0. The highest BCUT2D eigenvalue weighted by molar-refractivity contribution is 6.17. The van der Waals surface area contributed by atoms with Gasteiger partial charge in [0.25, 0.3) is 0 Å². The number of fused-ring (bicyclic) bond motifs is 6. The van der Waals surface area contributed by atoms with Gasteiger partial charge in [-0.05, 0) is 24.3 Å². The fourth-order valence-electron chi connectivity index (χ4n) is 3.20. The van der Waals surface area contributed by atoms with Gasteiger partial charge in [0, 0.05) is 46.5 Å². The molecule has 0 unspecified atom stereocenters. The molecule has 5 aromatic rings. The van der Waals surface area contributed by atoms with Gasteiger partial charge in [-0.15, -0.1) is 0 Å². The third-order valence-electron chi connectivity index (χ3n) is 4.13. The van der Waals surface area contributed by atoms with Crippen LogP contribution in [-0.4, -0.2) is 9.97 Å². The first-order chi connectivity index (χ1) is 9.90. The van der Waals surface area contributed by atoms with Crippen LogP contribution >= 0.6 is 0 Å². The second-order valence-corrected chi connectivity index (χ2v) is 5.28. The Hall–Kier alpha value is -2.74. The highest BCUT2D eigenvalue weighted by atomic mass is 14.7. The lowest BCUT2D eigenvalue weighted by atomic mass is 10.1. The average molecular weight is 260 g/mol. The predicted octanol–water partition coefficient (Wildman–Crippen LogP) is 5.45. The number of nitrogens with one attached hydrogen (secondary N) is 2. The molecule has 2 aromatic heterocycles. The molecule has 0 bridgehead atoms. The summed E-state index contributed by atoms with van der Waals surface area (Å²) in [6.07, 6.45) is 0. The van der Waals surface area contributed by atoms with E-state index in [9.17, 15) is 0 Å². The van der Waals surface area contributed by atoms with Crippen molar-refractivity contribution >= 4 is 43.6 Å². The SMILES string of the molecule is [HH].[HH].c1ccc2c(c1)[nH]c1cc3[nH]c4ccccc4c3cc12. The molecule has 0 aliphatic rings. The van der Waals surface area contributed by atoms with Crippen molar-refractivity contribution in [2.75, 3.05) is 0 Å². The Morgan fingerprint density at radius 3 is 1.55 bits per heavy atom. The summed E-state index contributed by atoms with van der Waals surface area (Å²) in [6, 6.07) is 21.4. The molecule has 2 heteroatoms. The normalized spacial score (nSPS) is 12.0. The van der Waals surface area contributed by atoms with E-state index >= 15 is 0 Å². The van der Waals surface area contributed by atoms with E-state index in [1.54, 1.807) is 0 Å². The van der Waals surface area contributed by atoms with Crippen molar-refractivity contribution in [1.82, 2.24) is 9.97 Å². The van der Waals surface area contributed by atoms with Gasteiger partial charge in [0.2, 0.25) is 0 Å². The summed E-state index contributed by atoms with van der Waals surface area (Å²) in [5.41, 5.74) is 4.76. The van der Waals surface area contributed by atoms with Crippen molar-refractivity contribution in [2.45, 2.75) is 0 Å². The molecule has 0 saturated heterocycles. The summed E-state index contributed by atoms with van der Waals surface area (Å²) in [7, 11) is 0. The lowest BCUT2D eigenvalue weighted by molar-refractivity contribution is 1.52. The van der Waals surface area contributed by atoms with Gasteiger partial charge in [0.1, 0.15) is 0 Å². The van der Waals surface area contributed by atoms with Crippen LogP contribution in [0.3, 0.4) is 0 Å². The van der Waals surface area contributed by atoms with Crippen molar-refractivity contribution in [1.29, 1.82) is 0 Å². The molecule has 0 fully saturated rings. The van der Waals surface area contributed by atoms with Gasteiger partial charge in [-0.2, -0.15) is 0 Å². The number of aromatic amines is 2. The molecule has 2 N–H and O–H groups in total. The highest BCUT2D eigenvalue weighted by Crippen LogP contribution is 2.32. The quantitative estimate of drug-likeness (QED) is 0.371. The zero-order valence-corrected chi connectivity index (χ0v) is 10.8. The first kappa shape index (κ1) is 10.1. The van der Waals surface area contributed by atoms with Gasteiger partial charge < -0.3 is 9.97 Å². The molecule has 5 rings (SSSR count). The number of rotatable bonds is 0. The van der Waals surface area contributed by atoms with Gasteiger partial charge in [-0.25, -0.2) is 0 Å². The van der Waals surface area contributed by atoms with Crippen LogP contribution < -0.4 is 0 Å². The molecule has 0 saturated carbocycles. The van der Waals surface area contributed by atoms with E-state index in [4.69, 9.17) is 0 Å². The van der Waals surface area contributed by atoms with E-state index in [1.165, 1.54) is 43.6 Å². The molecular formula is C18H16N2. The molecule has 0 radical (unpaired) electrons. The topological polar surface area (TPSA) is 31.6 Å². The number of H-pyrrole nitrogens is 2. The van der Waals surface area contributed by atoms with E-state index in [-0.39, 0.29) is 2.85 Å². The first-order valence-corrected chi connectivity index (χ1v) is 6.81. The average Bonchev–Trinajstić information content (AvgIpc) is 3.02. The molecule has 3 aromatic carbocycles. The monoisotopic (exact) mass is 260 g/mol. The summed E-state index contributed by atoms with van der Waals surface area (Å²) in [4.78, 5) is 6.99. The molecule has 2 heterocycles. The summed E-state index contributed by atoms with van der Waals surface area (Å²) in [5, 5.41) is 5.15. The molecule has 20 heavy (non-hydrogen) atoms. The largest absolute Gasteiger partial charge is 0.354 e. The Morgan fingerprint density at radius 1 is 0.500 bits per heavy atom. The van der Waals surface area contributed by atoms with Crippen molar-refractivity contribution in [3.8, 4) is 0 Å². The fraction of sp³-hybridized carbons (Fsp3) is 0. The van der Waals surface area contributed by atoms with Gasteiger partial charge in [-0.1, -0.05) is 36.4 Å². The number of para-hydroxylation sites is 2. The van der Waals surface area contributed by atoms with Crippen LogP contribution in [0.15, 0.2) is 60.7 Å². The predicted molar refractivity (Wildman–Crippen MR) is 89.4 cm³/mol. The van der Waals surface area contributed by atoms with Crippen LogP contribution in [0, 0.1) is 0 Å². The maximum atomic E-state index is 3.49. The minimum atomic E-state index is 0. The summed E-state index contributed by atoms with van der Waals surface area (Å²) in [5.74, 6) is 0. The molecule has 0 spiro atoms. The van der Waals surface area contributed by atoms with E-state index in [1.807, 2.05) is 0 Å². The maximum Gasteiger partial charge on any atom is 0.0486 e. The van der Waals surface area contributed by atoms with Gasteiger partial charge in [-0.3, -0.25) is 0 Å². The lowest BCUT2D eigenvalue weighted by Crippen LogP contribution is -1.70. The van der Waals surface area contributed by atoms with Gasteiger partial charge in [0.15, 0.2) is 0 Å². The van der Waals surface area contributed by atoms with Crippen molar-refractivity contribution in [2.24, 2.45) is 0 Å². The second-order valence-electron chi connectivity index (χ2n) is 5.28. The Kier molecular flexibility index (Phi) is 1.73. The van der Waals surface area contributed by atoms with E-state index in [0.29, 0.717) is 0 Å². The third-order valence-corrected chi connectivity index (χ3v) is 4.13. The summed E-state index contributed by atoms with van der Waals surface area (Å²) < 4.78 is 0. The minimum Gasteiger partial charge on any atom is -0.354 e.